The summed E-state index contributed by atoms with van der Waals surface area (Å²) in [5, 5.41) is 30.7. The monoisotopic (exact) mass is 486 g/mol. The predicted molar refractivity (Wildman–Crippen MR) is 139 cm³/mol. The van der Waals surface area contributed by atoms with Gasteiger partial charge < -0.3 is 20.1 Å². The van der Waals surface area contributed by atoms with Crippen LogP contribution in [0.15, 0.2) is 47.6 Å². The van der Waals surface area contributed by atoms with Crippen molar-refractivity contribution >= 4 is 5.97 Å². The standard InChI is InChI=1S/C30H46O5/c1-19(2)35-28(34)29(4,5)27(33)14-9-20(3)25-12-13-26-22(8-7-15-30(25,26)6)11-10-21-16-23(31)18-24(32)17-21/h9-11,14,19,23-27,31-33H,3,7-8,12-13,15-18H2,1-2,4-6H3/b14-9+,22-11+/t23-,24-,25-,26+,27+,30-/m1/s1. The molecule has 6 atom stereocenters. The molecule has 0 amide bonds. The Morgan fingerprint density at radius 2 is 1.83 bits per heavy atom. The van der Waals surface area contributed by atoms with Gasteiger partial charge in [0, 0.05) is 0 Å². The van der Waals surface area contributed by atoms with E-state index in [2.05, 4.69) is 25.7 Å². The fourth-order valence-corrected chi connectivity index (χ4v) is 6.44. The topological polar surface area (TPSA) is 87.0 Å². The van der Waals surface area contributed by atoms with Gasteiger partial charge in [-0.1, -0.05) is 54.5 Å². The summed E-state index contributed by atoms with van der Waals surface area (Å²) in [4.78, 5) is 12.4. The zero-order valence-electron chi connectivity index (χ0n) is 22.3. The third-order valence-corrected chi connectivity index (χ3v) is 8.59. The molecule has 3 rings (SSSR count). The van der Waals surface area contributed by atoms with Crippen molar-refractivity contribution in [1.82, 2.24) is 0 Å². The number of allylic oxidation sites excluding steroid dienone is 5. The van der Waals surface area contributed by atoms with Crippen LogP contribution in [-0.2, 0) is 9.53 Å². The van der Waals surface area contributed by atoms with Gasteiger partial charge in [0.15, 0.2) is 0 Å². The van der Waals surface area contributed by atoms with Crippen molar-refractivity contribution in [2.75, 3.05) is 0 Å². The van der Waals surface area contributed by atoms with E-state index < -0.39 is 29.7 Å². The number of ether oxygens (including phenoxy) is 1. The second kappa shape index (κ2) is 11.1. The Hall–Kier alpha value is -1.69. The van der Waals surface area contributed by atoms with Crippen LogP contribution in [0.25, 0.3) is 0 Å². The lowest BCUT2D eigenvalue weighted by molar-refractivity contribution is -0.162. The van der Waals surface area contributed by atoms with Gasteiger partial charge in [-0.2, -0.15) is 0 Å². The lowest BCUT2D eigenvalue weighted by atomic mass is 9.62. The Kier molecular flexibility index (Phi) is 8.88. The Bertz CT molecular complexity index is 867. The van der Waals surface area contributed by atoms with E-state index in [4.69, 9.17) is 4.74 Å². The largest absolute Gasteiger partial charge is 0.462 e. The Balaban J connectivity index is 1.70. The summed E-state index contributed by atoms with van der Waals surface area (Å²) in [6.45, 7) is 13.8. The van der Waals surface area contributed by atoms with Gasteiger partial charge in [0.05, 0.1) is 29.8 Å². The number of fused-ring (bicyclic) bond motifs is 1. The number of aliphatic hydroxyl groups is 3. The number of carbonyl (C=O) groups excluding carboxylic acids is 1. The van der Waals surface area contributed by atoms with Crippen LogP contribution in [0.5, 0.6) is 0 Å². The van der Waals surface area contributed by atoms with E-state index in [9.17, 15) is 20.1 Å². The van der Waals surface area contributed by atoms with Gasteiger partial charge in [0.2, 0.25) is 0 Å². The van der Waals surface area contributed by atoms with Crippen molar-refractivity contribution < 1.29 is 24.9 Å². The number of aliphatic hydroxyl groups excluding tert-OH is 3. The van der Waals surface area contributed by atoms with Gasteiger partial charge in [-0.15, -0.1) is 0 Å². The first kappa shape index (κ1) is 27.9. The summed E-state index contributed by atoms with van der Waals surface area (Å²) in [5.41, 5.74) is 2.70. The van der Waals surface area contributed by atoms with E-state index in [0.29, 0.717) is 31.1 Å². The molecule has 0 aromatic heterocycles. The Morgan fingerprint density at radius 1 is 1.17 bits per heavy atom. The van der Waals surface area contributed by atoms with Crippen LogP contribution in [-0.4, -0.2) is 45.7 Å². The van der Waals surface area contributed by atoms with E-state index in [-0.39, 0.29) is 11.5 Å². The fourth-order valence-electron chi connectivity index (χ4n) is 6.44. The quantitative estimate of drug-likeness (QED) is 0.331. The molecule has 3 fully saturated rings. The maximum absolute atomic E-state index is 12.4. The molecule has 3 aliphatic carbocycles. The Morgan fingerprint density at radius 3 is 2.46 bits per heavy atom. The van der Waals surface area contributed by atoms with Crippen molar-refractivity contribution in [1.29, 1.82) is 0 Å². The molecule has 0 spiro atoms. The van der Waals surface area contributed by atoms with E-state index in [1.165, 1.54) is 5.57 Å². The number of carbonyl (C=O) groups is 1. The predicted octanol–water partition coefficient (Wildman–Crippen LogP) is 5.41. The summed E-state index contributed by atoms with van der Waals surface area (Å²) >= 11 is 0. The van der Waals surface area contributed by atoms with Gasteiger partial charge in [0.1, 0.15) is 0 Å². The van der Waals surface area contributed by atoms with Crippen LogP contribution in [0.4, 0.5) is 0 Å². The molecule has 5 heteroatoms. The second-order valence-corrected chi connectivity index (χ2v) is 12.1. The molecule has 0 unspecified atom stereocenters. The molecule has 0 aromatic rings. The molecule has 0 radical (unpaired) electrons. The third kappa shape index (κ3) is 6.36. The average molecular weight is 487 g/mol. The average Bonchev–Trinajstić information content (AvgIpc) is 3.12. The molecule has 196 valence electrons. The SMILES string of the molecule is C=C(/C=C/[C@H](O)C(C)(C)C(=O)OC(C)C)[C@H]1CC[C@H]2/C(=C/C=C3C[C@@H](O)C[C@H](O)C3)CCC[C@]12C. The summed E-state index contributed by atoms with van der Waals surface area (Å²) in [6, 6.07) is 0. The molecular weight excluding hydrogens is 440 g/mol. The van der Waals surface area contributed by atoms with Crippen LogP contribution >= 0.6 is 0 Å². The lowest BCUT2D eigenvalue weighted by Gasteiger charge is -2.42. The van der Waals surface area contributed by atoms with Crippen LogP contribution in [0.2, 0.25) is 0 Å². The lowest BCUT2D eigenvalue weighted by Crippen LogP contribution is -2.38. The highest BCUT2D eigenvalue weighted by Crippen LogP contribution is 2.59. The first-order valence-corrected chi connectivity index (χ1v) is 13.3. The minimum absolute atomic E-state index is 0.118. The van der Waals surface area contributed by atoms with Gasteiger partial charge in [-0.05, 0) is 96.3 Å². The van der Waals surface area contributed by atoms with Crippen molar-refractivity contribution in [3.05, 3.63) is 47.6 Å². The number of hydrogen-bond donors (Lipinski definition) is 3. The summed E-state index contributed by atoms with van der Waals surface area (Å²) in [7, 11) is 0. The molecule has 3 aliphatic rings. The molecule has 0 heterocycles. The fraction of sp³-hybridized carbons (Fsp3) is 0.700. The van der Waals surface area contributed by atoms with Crippen molar-refractivity contribution in [2.24, 2.45) is 22.7 Å². The molecule has 3 N–H and O–H groups in total. The smallest absolute Gasteiger partial charge is 0.314 e. The van der Waals surface area contributed by atoms with E-state index in [1.807, 2.05) is 6.08 Å². The van der Waals surface area contributed by atoms with Crippen molar-refractivity contribution in [2.45, 2.75) is 110 Å². The normalized spacial score (nSPS) is 33.7. The summed E-state index contributed by atoms with van der Waals surface area (Å²) in [6.07, 6.45) is 13.3. The van der Waals surface area contributed by atoms with Crippen molar-refractivity contribution in [3.63, 3.8) is 0 Å². The van der Waals surface area contributed by atoms with Crippen LogP contribution in [0.3, 0.4) is 0 Å². The first-order chi connectivity index (χ1) is 16.3. The van der Waals surface area contributed by atoms with Crippen LogP contribution in [0.1, 0.15) is 86.0 Å². The Labute approximate surface area is 211 Å². The highest BCUT2D eigenvalue weighted by molar-refractivity contribution is 5.77. The molecule has 0 saturated heterocycles. The zero-order valence-corrected chi connectivity index (χ0v) is 22.3. The van der Waals surface area contributed by atoms with E-state index in [1.54, 1.807) is 33.8 Å². The van der Waals surface area contributed by atoms with E-state index in [0.717, 1.165) is 43.3 Å². The molecule has 0 aliphatic heterocycles. The second-order valence-electron chi connectivity index (χ2n) is 12.1. The summed E-state index contributed by atoms with van der Waals surface area (Å²) in [5.74, 6) is 0.415. The minimum Gasteiger partial charge on any atom is -0.462 e. The highest BCUT2D eigenvalue weighted by atomic mass is 16.5. The van der Waals surface area contributed by atoms with Gasteiger partial charge in [-0.25, -0.2) is 0 Å². The molecule has 0 bridgehead atoms. The van der Waals surface area contributed by atoms with E-state index >= 15 is 0 Å². The van der Waals surface area contributed by atoms with Gasteiger partial charge in [-0.3, -0.25) is 4.79 Å². The number of esters is 1. The van der Waals surface area contributed by atoms with Gasteiger partial charge >= 0.3 is 5.97 Å². The third-order valence-electron chi connectivity index (χ3n) is 8.59. The molecule has 35 heavy (non-hydrogen) atoms. The van der Waals surface area contributed by atoms with Crippen molar-refractivity contribution in [3.8, 4) is 0 Å². The molecule has 0 aromatic carbocycles. The summed E-state index contributed by atoms with van der Waals surface area (Å²) < 4.78 is 5.33. The van der Waals surface area contributed by atoms with Crippen LogP contribution < -0.4 is 0 Å². The van der Waals surface area contributed by atoms with Gasteiger partial charge in [0.25, 0.3) is 0 Å². The number of rotatable bonds is 7. The number of hydrogen-bond acceptors (Lipinski definition) is 5. The first-order valence-electron chi connectivity index (χ1n) is 13.3. The molecule has 3 saturated carbocycles. The molecule has 5 nitrogen and oxygen atoms in total. The highest BCUT2D eigenvalue weighted by Gasteiger charge is 2.49. The minimum atomic E-state index is -1.03. The zero-order chi connectivity index (χ0) is 26.0. The molecular formula is C30H46O5. The maximum Gasteiger partial charge on any atom is 0.314 e. The van der Waals surface area contributed by atoms with Crippen LogP contribution in [0, 0.1) is 22.7 Å². The maximum atomic E-state index is 12.4.